The van der Waals surface area contributed by atoms with Gasteiger partial charge in [-0.2, -0.15) is 0 Å². The summed E-state index contributed by atoms with van der Waals surface area (Å²) >= 11 is 4.72. The van der Waals surface area contributed by atoms with Crippen molar-refractivity contribution in [1.82, 2.24) is 0 Å². The van der Waals surface area contributed by atoms with Gasteiger partial charge in [0.25, 0.3) is 10.0 Å². The zero-order valence-corrected chi connectivity index (χ0v) is 22.6. The second-order valence-electron chi connectivity index (χ2n) is 8.26. The summed E-state index contributed by atoms with van der Waals surface area (Å²) in [5.74, 6) is -1.05. The van der Waals surface area contributed by atoms with Crippen LogP contribution in [-0.4, -0.2) is 33.9 Å². The van der Waals surface area contributed by atoms with Gasteiger partial charge in [0.05, 0.1) is 23.3 Å². The number of methoxy groups -OCH3 is 1. The minimum absolute atomic E-state index is 0.0839. The number of sulfonamides is 1. The molecule has 0 spiro atoms. The molecule has 0 bridgehead atoms. The minimum Gasteiger partial charge on any atom is -0.465 e. The number of nitrogens with zero attached hydrogens (tertiary/aromatic N) is 1. The predicted octanol–water partition coefficient (Wildman–Crippen LogP) is 5.32. The minimum atomic E-state index is -4.04. The number of benzene rings is 2. The van der Waals surface area contributed by atoms with Gasteiger partial charge in [-0.15, -0.1) is 11.3 Å². The molecule has 10 heteroatoms. The van der Waals surface area contributed by atoms with E-state index in [-0.39, 0.29) is 4.90 Å². The van der Waals surface area contributed by atoms with E-state index in [0.29, 0.717) is 16.3 Å². The molecule has 184 valence electrons. The molecule has 1 N–H and O–H groups in total. The number of aryl methyl sites for hydroxylation is 2. The number of hydrogen-bond donors (Lipinski definition) is 1. The van der Waals surface area contributed by atoms with Crippen molar-refractivity contribution in [3.63, 3.8) is 0 Å². The lowest BCUT2D eigenvalue weighted by Gasteiger charge is -2.24. The highest BCUT2D eigenvalue weighted by Gasteiger charge is 2.30. The molecule has 0 fully saturated rings. The van der Waals surface area contributed by atoms with Gasteiger partial charge < -0.3 is 10.1 Å². The standard InChI is InChI=1S/C25H25BrN2O5S2/c1-16-7-13-19(14-8-16)35(31,32)28(18-11-9-17(26)10-12-18)15-22(29)27-24-23(25(30)33-2)20-5-3-4-6-21(20)34-24/h7-14H,3-6,15H2,1-2H3,(H,27,29). The molecule has 0 saturated carbocycles. The fourth-order valence-electron chi connectivity index (χ4n) is 4.03. The number of ether oxygens (including phenoxy) is 1. The maximum absolute atomic E-state index is 13.6. The van der Waals surface area contributed by atoms with E-state index in [2.05, 4.69) is 21.2 Å². The number of nitrogens with one attached hydrogen (secondary N) is 1. The topological polar surface area (TPSA) is 92.8 Å². The smallest absolute Gasteiger partial charge is 0.341 e. The van der Waals surface area contributed by atoms with Crippen molar-refractivity contribution in [1.29, 1.82) is 0 Å². The maximum Gasteiger partial charge on any atom is 0.341 e. The van der Waals surface area contributed by atoms with E-state index < -0.39 is 28.4 Å². The van der Waals surface area contributed by atoms with Crippen LogP contribution in [0.2, 0.25) is 0 Å². The number of amides is 1. The summed E-state index contributed by atoms with van der Waals surface area (Å²) in [5.41, 5.74) is 2.56. The third-order valence-electron chi connectivity index (χ3n) is 5.82. The second-order valence-corrected chi connectivity index (χ2v) is 12.1. The van der Waals surface area contributed by atoms with E-state index in [1.54, 1.807) is 36.4 Å². The second kappa shape index (κ2) is 10.5. The maximum atomic E-state index is 13.6. The zero-order chi connectivity index (χ0) is 25.2. The molecule has 1 heterocycles. The number of esters is 1. The number of anilines is 2. The largest absolute Gasteiger partial charge is 0.465 e. The first-order chi connectivity index (χ1) is 16.7. The number of rotatable bonds is 7. The Bertz CT molecular complexity index is 1350. The molecule has 2 aromatic carbocycles. The van der Waals surface area contributed by atoms with Crippen LogP contribution in [0.3, 0.4) is 0 Å². The van der Waals surface area contributed by atoms with Crippen LogP contribution in [-0.2, 0) is 32.4 Å². The zero-order valence-electron chi connectivity index (χ0n) is 19.3. The number of fused-ring (bicyclic) bond motifs is 1. The number of carbonyl (C=O) groups is 2. The molecule has 0 aliphatic heterocycles. The van der Waals surface area contributed by atoms with Crippen LogP contribution in [0.5, 0.6) is 0 Å². The Kier molecular flexibility index (Phi) is 7.63. The first kappa shape index (κ1) is 25.4. The molecule has 0 unspecified atom stereocenters. The molecule has 3 aromatic rings. The molecule has 7 nitrogen and oxygen atoms in total. The highest BCUT2D eigenvalue weighted by molar-refractivity contribution is 9.10. The van der Waals surface area contributed by atoms with Crippen LogP contribution >= 0.6 is 27.3 Å². The van der Waals surface area contributed by atoms with Gasteiger partial charge in [-0.1, -0.05) is 33.6 Å². The van der Waals surface area contributed by atoms with Crippen molar-refractivity contribution < 1.29 is 22.7 Å². The Morgan fingerprint density at radius 2 is 1.71 bits per heavy atom. The van der Waals surface area contributed by atoms with Gasteiger partial charge in [-0.25, -0.2) is 13.2 Å². The van der Waals surface area contributed by atoms with Gasteiger partial charge in [-0.3, -0.25) is 9.10 Å². The molecule has 35 heavy (non-hydrogen) atoms. The van der Waals surface area contributed by atoms with Crippen LogP contribution in [0.1, 0.15) is 39.2 Å². The molecule has 1 aromatic heterocycles. The fourth-order valence-corrected chi connectivity index (χ4v) is 7.01. The fraction of sp³-hybridized carbons (Fsp3) is 0.280. The molecule has 0 atom stereocenters. The van der Waals surface area contributed by atoms with Crippen LogP contribution < -0.4 is 9.62 Å². The van der Waals surface area contributed by atoms with Crippen molar-refractivity contribution in [3.8, 4) is 0 Å². The van der Waals surface area contributed by atoms with Gasteiger partial charge in [-0.05, 0) is 74.6 Å². The number of carbonyl (C=O) groups excluding carboxylic acids is 2. The molecular weight excluding hydrogens is 552 g/mol. The molecular formula is C25H25BrN2O5S2. The Labute approximate surface area is 217 Å². The van der Waals surface area contributed by atoms with Crippen LogP contribution in [0.15, 0.2) is 57.9 Å². The molecule has 4 rings (SSSR count). The van der Waals surface area contributed by atoms with Crippen molar-refractivity contribution in [2.24, 2.45) is 0 Å². The molecule has 1 amide bonds. The lowest BCUT2D eigenvalue weighted by Crippen LogP contribution is -2.38. The van der Waals surface area contributed by atoms with Crippen LogP contribution in [0.25, 0.3) is 0 Å². The van der Waals surface area contributed by atoms with E-state index in [9.17, 15) is 18.0 Å². The Morgan fingerprint density at radius 1 is 1.06 bits per heavy atom. The van der Waals surface area contributed by atoms with E-state index in [0.717, 1.165) is 50.5 Å². The van der Waals surface area contributed by atoms with Gasteiger partial charge in [0, 0.05) is 9.35 Å². The monoisotopic (exact) mass is 576 g/mol. The number of thiophene rings is 1. The van der Waals surface area contributed by atoms with Crippen LogP contribution in [0.4, 0.5) is 10.7 Å². The number of hydrogen-bond acceptors (Lipinski definition) is 6. The van der Waals surface area contributed by atoms with Gasteiger partial charge in [0.15, 0.2) is 0 Å². The number of halogens is 1. The van der Waals surface area contributed by atoms with E-state index in [1.807, 2.05) is 6.92 Å². The highest BCUT2D eigenvalue weighted by Crippen LogP contribution is 2.38. The average Bonchev–Trinajstić information content (AvgIpc) is 3.20. The lowest BCUT2D eigenvalue weighted by atomic mass is 9.95. The highest BCUT2D eigenvalue weighted by atomic mass is 79.9. The van der Waals surface area contributed by atoms with Gasteiger partial charge in [0.2, 0.25) is 5.91 Å². The molecule has 0 saturated heterocycles. The summed E-state index contributed by atoms with van der Waals surface area (Å²) in [7, 11) is -2.73. The van der Waals surface area contributed by atoms with Crippen LogP contribution in [0, 0.1) is 6.92 Å². The van der Waals surface area contributed by atoms with E-state index in [1.165, 1.54) is 30.6 Å². The Morgan fingerprint density at radius 3 is 2.37 bits per heavy atom. The van der Waals surface area contributed by atoms with E-state index in [4.69, 9.17) is 4.74 Å². The van der Waals surface area contributed by atoms with Crippen molar-refractivity contribution in [2.45, 2.75) is 37.5 Å². The third kappa shape index (κ3) is 5.44. The SMILES string of the molecule is COC(=O)c1c(NC(=O)CN(c2ccc(Br)cc2)S(=O)(=O)c2ccc(C)cc2)sc2c1CCCC2. The first-order valence-corrected chi connectivity index (χ1v) is 14.1. The predicted molar refractivity (Wildman–Crippen MR) is 141 cm³/mol. The summed E-state index contributed by atoms with van der Waals surface area (Å²) < 4.78 is 33.9. The molecule has 1 aliphatic rings. The Hall–Kier alpha value is -2.69. The summed E-state index contributed by atoms with van der Waals surface area (Å²) in [6.07, 6.45) is 3.58. The van der Waals surface area contributed by atoms with Crippen molar-refractivity contribution in [3.05, 3.63) is 74.6 Å². The lowest BCUT2D eigenvalue weighted by molar-refractivity contribution is -0.114. The molecule has 0 radical (unpaired) electrons. The summed E-state index contributed by atoms with van der Waals surface area (Å²) in [4.78, 5) is 26.9. The Balaban J connectivity index is 1.67. The summed E-state index contributed by atoms with van der Waals surface area (Å²) in [6.45, 7) is 1.41. The molecule has 1 aliphatic carbocycles. The van der Waals surface area contributed by atoms with Gasteiger partial charge in [0.1, 0.15) is 11.5 Å². The normalized spacial score (nSPS) is 13.1. The van der Waals surface area contributed by atoms with E-state index >= 15 is 0 Å². The third-order valence-corrected chi connectivity index (χ3v) is 9.35. The summed E-state index contributed by atoms with van der Waals surface area (Å²) in [6, 6.07) is 13.2. The van der Waals surface area contributed by atoms with Gasteiger partial charge >= 0.3 is 5.97 Å². The summed E-state index contributed by atoms with van der Waals surface area (Å²) in [5, 5.41) is 3.19. The average molecular weight is 578 g/mol. The van der Waals surface area contributed by atoms with Crippen molar-refractivity contribution in [2.75, 3.05) is 23.3 Å². The quantitative estimate of drug-likeness (QED) is 0.384. The first-order valence-electron chi connectivity index (χ1n) is 11.1. The van der Waals surface area contributed by atoms with Crippen molar-refractivity contribution >= 4 is 59.9 Å².